The third-order valence-corrected chi connectivity index (χ3v) is 2.34. The Kier molecular flexibility index (Phi) is 10.8. The number of rotatable bonds is 9. The largest absolute Gasteiger partial charge is 0.508 e. The van der Waals surface area contributed by atoms with Gasteiger partial charge in [-0.05, 0) is 6.42 Å². The molecule has 0 bridgehead atoms. The van der Waals surface area contributed by atoms with E-state index in [4.69, 9.17) is 4.74 Å². The van der Waals surface area contributed by atoms with Gasteiger partial charge in [0, 0.05) is 0 Å². The zero-order valence-corrected chi connectivity index (χ0v) is 9.80. The van der Waals surface area contributed by atoms with Crippen LogP contribution in [0, 0.1) is 7.11 Å². The van der Waals surface area contributed by atoms with E-state index >= 15 is 0 Å². The molecule has 3 heteroatoms. The van der Waals surface area contributed by atoms with Gasteiger partial charge in [-0.25, -0.2) is 4.79 Å². The van der Waals surface area contributed by atoms with E-state index in [1.165, 1.54) is 38.5 Å². The maximum atomic E-state index is 10.5. The fourth-order valence-electron chi connectivity index (χ4n) is 1.43. The smallest absolute Gasteiger partial charge is 0.434 e. The molecular formula is C12H23O3. The van der Waals surface area contributed by atoms with Crippen LogP contribution in [0.3, 0.4) is 0 Å². The molecule has 0 saturated carbocycles. The van der Waals surface area contributed by atoms with E-state index < -0.39 is 6.16 Å². The van der Waals surface area contributed by atoms with Gasteiger partial charge in [-0.15, -0.1) is 0 Å². The lowest BCUT2D eigenvalue weighted by molar-refractivity contribution is 0.0814. The normalized spacial score (nSPS) is 10.0. The molecule has 0 heterocycles. The van der Waals surface area contributed by atoms with Crippen LogP contribution in [-0.2, 0) is 9.47 Å². The minimum absolute atomic E-state index is 0.448. The summed E-state index contributed by atoms with van der Waals surface area (Å²) in [7, 11) is 2.97. The molecule has 0 unspecified atom stereocenters. The maximum absolute atomic E-state index is 10.5. The molecule has 0 aliphatic rings. The van der Waals surface area contributed by atoms with E-state index in [0.29, 0.717) is 6.61 Å². The Morgan fingerprint density at radius 3 is 2.07 bits per heavy atom. The Morgan fingerprint density at radius 1 is 1.00 bits per heavy atom. The van der Waals surface area contributed by atoms with Crippen molar-refractivity contribution in [3.63, 3.8) is 0 Å². The fourth-order valence-corrected chi connectivity index (χ4v) is 1.43. The van der Waals surface area contributed by atoms with Gasteiger partial charge in [0.25, 0.3) is 0 Å². The molecular weight excluding hydrogens is 192 g/mol. The molecule has 3 nitrogen and oxygen atoms in total. The highest BCUT2D eigenvalue weighted by Gasteiger charge is 1.98. The van der Waals surface area contributed by atoms with Gasteiger partial charge in [-0.1, -0.05) is 51.9 Å². The average molecular weight is 215 g/mol. The summed E-state index contributed by atoms with van der Waals surface area (Å²) in [6.07, 6.45) is 9.19. The summed E-state index contributed by atoms with van der Waals surface area (Å²) in [5.41, 5.74) is 0. The zero-order valence-electron chi connectivity index (χ0n) is 9.80. The van der Waals surface area contributed by atoms with E-state index in [-0.39, 0.29) is 0 Å². The first-order valence-corrected chi connectivity index (χ1v) is 5.90. The number of ether oxygens (including phenoxy) is 2. The number of hydrogen-bond acceptors (Lipinski definition) is 3. The van der Waals surface area contributed by atoms with Crippen molar-refractivity contribution in [3.05, 3.63) is 7.11 Å². The quantitative estimate of drug-likeness (QED) is 0.429. The summed E-state index contributed by atoms with van der Waals surface area (Å²) < 4.78 is 8.82. The highest BCUT2D eigenvalue weighted by atomic mass is 16.7. The second-order valence-electron chi connectivity index (χ2n) is 3.72. The van der Waals surface area contributed by atoms with E-state index in [1.807, 2.05) is 0 Å². The summed E-state index contributed by atoms with van der Waals surface area (Å²) in [6, 6.07) is 0. The molecule has 15 heavy (non-hydrogen) atoms. The molecule has 0 amide bonds. The molecule has 0 atom stereocenters. The molecule has 0 N–H and O–H groups in total. The van der Waals surface area contributed by atoms with Crippen LogP contribution in [0.1, 0.15) is 58.3 Å². The van der Waals surface area contributed by atoms with Gasteiger partial charge in [0.1, 0.15) is 7.11 Å². The first kappa shape index (κ1) is 14.3. The zero-order chi connectivity index (χ0) is 11.4. The van der Waals surface area contributed by atoms with Crippen molar-refractivity contribution in [2.75, 3.05) is 6.61 Å². The Balaban J connectivity index is 2.95. The van der Waals surface area contributed by atoms with Crippen LogP contribution < -0.4 is 0 Å². The molecule has 0 aliphatic heterocycles. The monoisotopic (exact) mass is 215 g/mol. The lowest BCUT2D eigenvalue weighted by Gasteiger charge is -2.02. The van der Waals surface area contributed by atoms with Gasteiger partial charge in [-0.3, -0.25) is 0 Å². The molecule has 0 rings (SSSR count). The molecule has 1 radical (unpaired) electrons. The van der Waals surface area contributed by atoms with Crippen molar-refractivity contribution in [2.24, 2.45) is 0 Å². The summed E-state index contributed by atoms with van der Waals surface area (Å²) in [4.78, 5) is 10.5. The molecule has 89 valence electrons. The van der Waals surface area contributed by atoms with Crippen molar-refractivity contribution < 1.29 is 14.3 Å². The summed E-state index contributed by atoms with van der Waals surface area (Å²) >= 11 is 0. The van der Waals surface area contributed by atoms with Crippen LogP contribution in [0.2, 0.25) is 0 Å². The van der Waals surface area contributed by atoms with Gasteiger partial charge in [0.05, 0.1) is 6.61 Å². The molecule has 0 saturated heterocycles. The van der Waals surface area contributed by atoms with Crippen molar-refractivity contribution in [2.45, 2.75) is 58.3 Å². The lowest BCUT2D eigenvalue weighted by Crippen LogP contribution is -2.04. The minimum atomic E-state index is -0.682. The highest BCUT2D eigenvalue weighted by molar-refractivity contribution is 5.59. The molecule has 0 aromatic rings. The van der Waals surface area contributed by atoms with E-state index in [9.17, 15) is 4.79 Å². The Morgan fingerprint density at radius 2 is 1.53 bits per heavy atom. The summed E-state index contributed by atoms with van der Waals surface area (Å²) in [5, 5.41) is 0. The molecule has 0 fully saturated rings. The molecule has 0 aromatic heterocycles. The minimum Gasteiger partial charge on any atom is -0.434 e. The molecule has 0 spiro atoms. The molecule has 0 aromatic carbocycles. The number of carbonyl (C=O) groups is 1. The van der Waals surface area contributed by atoms with Gasteiger partial charge in [0.2, 0.25) is 0 Å². The van der Waals surface area contributed by atoms with E-state index in [1.54, 1.807) is 0 Å². The maximum Gasteiger partial charge on any atom is 0.508 e. The average Bonchev–Trinajstić information content (AvgIpc) is 2.26. The SMILES string of the molecule is [CH2]OC(=O)OCCCCCCCCCC. The van der Waals surface area contributed by atoms with Gasteiger partial charge in [-0.2, -0.15) is 0 Å². The number of unbranched alkanes of at least 4 members (excludes halogenated alkanes) is 7. The number of hydrogen-bond donors (Lipinski definition) is 0. The third kappa shape index (κ3) is 11.2. The Bertz CT molecular complexity index is 146. The van der Waals surface area contributed by atoms with E-state index in [0.717, 1.165) is 12.8 Å². The van der Waals surface area contributed by atoms with Crippen LogP contribution in [-0.4, -0.2) is 12.8 Å². The van der Waals surface area contributed by atoms with Crippen LogP contribution in [0.4, 0.5) is 4.79 Å². The standard InChI is InChI=1S/C12H23O3/c1-3-4-5-6-7-8-9-10-11-15-12(13)14-2/h2-11H2,1H3. The van der Waals surface area contributed by atoms with Crippen LogP contribution in [0.15, 0.2) is 0 Å². The summed E-state index contributed by atoms with van der Waals surface area (Å²) in [5.74, 6) is 0. The van der Waals surface area contributed by atoms with Crippen LogP contribution >= 0.6 is 0 Å². The van der Waals surface area contributed by atoms with Crippen molar-refractivity contribution in [1.82, 2.24) is 0 Å². The topological polar surface area (TPSA) is 35.5 Å². The van der Waals surface area contributed by atoms with Crippen molar-refractivity contribution in [3.8, 4) is 0 Å². The van der Waals surface area contributed by atoms with E-state index in [2.05, 4.69) is 18.8 Å². The fraction of sp³-hybridized carbons (Fsp3) is 0.833. The first-order valence-electron chi connectivity index (χ1n) is 5.90. The van der Waals surface area contributed by atoms with Gasteiger partial charge >= 0.3 is 6.16 Å². The highest BCUT2D eigenvalue weighted by Crippen LogP contribution is 2.08. The van der Waals surface area contributed by atoms with Crippen LogP contribution in [0.25, 0.3) is 0 Å². The second kappa shape index (κ2) is 11.3. The Hall–Kier alpha value is -0.730. The lowest BCUT2D eigenvalue weighted by atomic mass is 10.1. The van der Waals surface area contributed by atoms with Crippen molar-refractivity contribution >= 4 is 6.16 Å². The summed E-state index contributed by atoms with van der Waals surface area (Å²) in [6.45, 7) is 2.67. The predicted octanol–water partition coefficient (Wildman–Crippen LogP) is 4.07. The number of carbonyl (C=O) groups excluding carboxylic acids is 1. The Labute approximate surface area is 93.1 Å². The third-order valence-electron chi connectivity index (χ3n) is 2.34. The molecule has 0 aliphatic carbocycles. The first-order chi connectivity index (χ1) is 7.31. The second-order valence-corrected chi connectivity index (χ2v) is 3.72. The predicted molar refractivity (Wildman–Crippen MR) is 60.4 cm³/mol. The van der Waals surface area contributed by atoms with Crippen LogP contribution in [0.5, 0.6) is 0 Å². The van der Waals surface area contributed by atoms with Gasteiger partial charge in [0.15, 0.2) is 0 Å². The van der Waals surface area contributed by atoms with Gasteiger partial charge < -0.3 is 9.47 Å². The van der Waals surface area contributed by atoms with Crippen molar-refractivity contribution in [1.29, 1.82) is 0 Å².